The highest BCUT2D eigenvalue weighted by Gasteiger charge is 2.54. The van der Waals surface area contributed by atoms with Gasteiger partial charge in [0.05, 0.1) is 31.3 Å². The molecule has 1 amide bonds. The molecule has 0 aromatic rings. The Morgan fingerprint density at radius 2 is 1.69 bits per heavy atom. The van der Waals surface area contributed by atoms with Crippen molar-refractivity contribution in [2.75, 3.05) is 26.7 Å². The fourth-order valence-electron chi connectivity index (χ4n) is 7.17. The Hall–Kier alpha value is -1.51. The van der Waals surface area contributed by atoms with Crippen molar-refractivity contribution >= 4 is 5.91 Å². The summed E-state index contributed by atoms with van der Waals surface area (Å²) in [7, 11) is 1.59. The van der Waals surface area contributed by atoms with Crippen molar-refractivity contribution in [1.29, 1.82) is 0 Å². The zero-order chi connectivity index (χ0) is 32.7. The third-order valence-corrected chi connectivity index (χ3v) is 9.92. The van der Waals surface area contributed by atoms with Crippen LogP contribution < -0.4 is 38.9 Å². The number of hydrogen-bond donors (Lipinski definition) is 11. The van der Waals surface area contributed by atoms with E-state index in [9.17, 15) is 25.2 Å². The second kappa shape index (κ2) is 13.9. The van der Waals surface area contributed by atoms with Crippen molar-refractivity contribution in [2.45, 2.75) is 130 Å². The third kappa shape index (κ3) is 7.64. The highest BCUT2D eigenvalue weighted by atomic mass is 16.7. The van der Waals surface area contributed by atoms with Crippen LogP contribution in [0.2, 0.25) is 0 Å². The van der Waals surface area contributed by atoms with Gasteiger partial charge in [0.25, 0.3) is 5.91 Å². The number of rotatable bonds is 11. The minimum Gasteiger partial charge on any atom is -0.467 e. The van der Waals surface area contributed by atoms with Gasteiger partial charge in [0.1, 0.15) is 41.4 Å². The van der Waals surface area contributed by atoms with Gasteiger partial charge in [0.2, 0.25) is 6.29 Å². The highest BCUT2D eigenvalue weighted by molar-refractivity contribution is 5.86. The molecule has 2 heterocycles. The Balaban J connectivity index is 1.27. The van der Waals surface area contributed by atoms with Crippen molar-refractivity contribution in [3.63, 3.8) is 0 Å². The molecular formula is C29H53N7O9. The van der Waals surface area contributed by atoms with Gasteiger partial charge in [-0.1, -0.05) is 0 Å². The molecule has 2 aliphatic heterocycles. The van der Waals surface area contributed by atoms with Crippen LogP contribution in [0.1, 0.15) is 45.4 Å². The van der Waals surface area contributed by atoms with E-state index in [0.717, 1.165) is 19.4 Å². The van der Waals surface area contributed by atoms with E-state index in [4.69, 9.17) is 41.9 Å². The van der Waals surface area contributed by atoms with Gasteiger partial charge in [-0.05, 0) is 58.2 Å². The predicted molar refractivity (Wildman–Crippen MR) is 161 cm³/mol. The average molecular weight is 644 g/mol. The first-order valence-electron chi connectivity index (χ1n) is 16.0. The molecular weight excluding hydrogens is 590 g/mol. The molecule has 45 heavy (non-hydrogen) atoms. The van der Waals surface area contributed by atoms with Crippen LogP contribution in [0.4, 0.5) is 0 Å². The minimum absolute atomic E-state index is 0.0893. The SMILES string of the molecule is CN[C@@H]1[C@@H](O)[C@@H](O[C@@H]2[C@@H](O)[C@H](O[C@H]3OC(CNC[C@H]4C[C@H](N)C4)=CC[C@H]3N)[C@@H](N)C[C@H]2NC(=O)C2(O)CC(N)C2)OC[C@]1(C)O. The fraction of sp³-hybridized carbons (Fsp3) is 0.897. The standard InChI is InChI=1S/C29H53N7O9/c1-28(40)12-42-26(21(38)24(28)34-2)45-23-19(36-27(39)29(41)8-15(31)9-29)7-18(33)22(20(23)37)44-25-17(32)4-3-16(43-25)11-35-10-13-5-14(30)6-13/h3,13-15,17-26,34-35,37-38,40-41H,4-12,30-33H2,1-2H3,(H,36,39)/t13-,14-,15?,17-,18+,19-,20+,21-,22-,23+,24-,25-,26-,28+,29?/m1/s1. The number of carbonyl (C=O) groups excluding carboxylic acids is 1. The van der Waals surface area contributed by atoms with Crippen LogP contribution in [0, 0.1) is 5.92 Å². The number of amides is 1. The van der Waals surface area contributed by atoms with Crippen molar-refractivity contribution in [3.8, 4) is 0 Å². The molecule has 258 valence electrons. The maximum Gasteiger partial charge on any atom is 0.252 e. The predicted octanol–water partition coefficient (Wildman–Crippen LogP) is -4.47. The van der Waals surface area contributed by atoms with Gasteiger partial charge in [-0.25, -0.2) is 0 Å². The molecule has 3 aliphatic carbocycles. The first kappa shape index (κ1) is 34.8. The number of likely N-dealkylation sites (N-methyl/N-ethyl adjacent to an activating group) is 1. The van der Waals surface area contributed by atoms with Crippen molar-refractivity contribution in [1.82, 2.24) is 16.0 Å². The quantitative estimate of drug-likeness (QED) is 0.101. The molecule has 5 rings (SSSR count). The number of nitrogens with one attached hydrogen (secondary N) is 3. The Kier molecular flexibility index (Phi) is 10.8. The summed E-state index contributed by atoms with van der Waals surface area (Å²) in [6, 6.07) is -3.06. The van der Waals surface area contributed by atoms with E-state index in [1.165, 1.54) is 6.92 Å². The van der Waals surface area contributed by atoms with E-state index < -0.39 is 78.3 Å². The van der Waals surface area contributed by atoms with Gasteiger partial charge in [0, 0.05) is 31.0 Å². The second-order valence-electron chi connectivity index (χ2n) is 13.9. The van der Waals surface area contributed by atoms with Gasteiger partial charge in [0.15, 0.2) is 6.29 Å². The van der Waals surface area contributed by atoms with E-state index in [1.807, 2.05) is 6.08 Å². The molecule has 16 nitrogen and oxygen atoms in total. The summed E-state index contributed by atoms with van der Waals surface area (Å²) >= 11 is 0. The number of carbonyl (C=O) groups is 1. The first-order valence-corrected chi connectivity index (χ1v) is 16.0. The van der Waals surface area contributed by atoms with E-state index in [1.54, 1.807) is 7.05 Å². The number of ether oxygens (including phenoxy) is 4. The molecule has 0 spiro atoms. The van der Waals surface area contributed by atoms with Crippen molar-refractivity contribution in [3.05, 3.63) is 11.8 Å². The Morgan fingerprint density at radius 1 is 1.00 bits per heavy atom. The normalized spacial score (nSPS) is 48.4. The highest BCUT2D eigenvalue weighted by Crippen LogP contribution is 2.35. The van der Waals surface area contributed by atoms with Crippen LogP contribution >= 0.6 is 0 Å². The molecule has 0 unspecified atom stereocenters. The van der Waals surface area contributed by atoms with E-state index in [0.29, 0.717) is 24.6 Å². The number of hydrogen-bond acceptors (Lipinski definition) is 15. The molecule has 0 radical (unpaired) electrons. The zero-order valence-electron chi connectivity index (χ0n) is 26.1. The van der Waals surface area contributed by atoms with Crippen LogP contribution in [-0.2, 0) is 23.7 Å². The number of nitrogens with two attached hydrogens (primary N) is 4. The van der Waals surface area contributed by atoms with Crippen molar-refractivity contribution in [2.24, 2.45) is 28.9 Å². The van der Waals surface area contributed by atoms with E-state index in [-0.39, 0.29) is 38.0 Å². The minimum atomic E-state index is -1.65. The van der Waals surface area contributed by atoms with Gasteiger partial charge in [-0.3, -0.25) is 4.79 Å². The number of aliphatic hydroxyl groups is 4. The van der Waals surface area contributed by atoms with Crippen molar-refractivity contribution < 1.29 is 44.2 Å². The Labute approximate surface area is 263 Å². The smallest absolute Gasteiger partial charge is 0.252 e. The lowest BCUT2D eigenvalue weighted by molar-refractivity contribution is -0.304. The monoisotopic (exact) mass is 643 g/mol. The summed E-state index contributed by atoms with van der Waals surface area (Å²) in [6.45, 7) is 2.66. The third-order valence-electron chi connectivity index (χ3n) is 9.92. The van der Waals surface area contributed by atoms with Gasteiger partial charge in [-0.2, -0.15) is 0 Å². The van der Waals surface area contributed by atoms with E-state index >= 15 is 0 Å². The van der Waals surface area contributed by atoms with Crippen LogP contribution in [-0.4, -0.2) is 138 Å². The van der Waals surface area contributed by atoms with Crippen LogP contribution in [0.15, 0.2) is 11.8 Å². The fourth-order valence-corrected chi connectivity index (χ4v) is 7.17. The van der Waals surface area contributed by atoms with Gasteiger partial charge < -0.3 is 78.3 Å². The van der Waals surface area contributed by atoms with Gasteiger partial charge in [-0.15, -0.1) is 0 Å². The molecule has 15 N–H and O–H groups in total. The first-order chi connectivity index (χ1) is 21.2. The molecule has 1 saturated heterocycles. The summed E-state index contributed by atoms with van der Waals surface area (Å²) in [5, 5.41) is 53.2. The number of aliphatic hydroxyl groups excluding tert-OH is 2. The molecule has 11 atom stereocenters. The zero-order valence-corrected chi connectivity index (χ0v) is 26.1. The lowest BCUT2D eigenvalue weighted by atomic mass is 9.75. The largest absolute Gasteiger partial charge is 0.467 e. The molecule has 0 bridgehead atoms. The van der Waals surface area contributed by atoms with Crippen LogP contribution in [0.3, 0.4) is 0 Å². The maximum atomic E-state index is 13.1. The summed E-state index contributed by atoms with van der Waals surface area (Å²) in [6.07, 6.45) is -2.53. The van der Waals surface area contributed by atoms with E-state index in [2.05, 4.69) is 16.0 Å². The Morgan fingerprint density at radius 3 is 2.33 bits per heavy atom. The van der Waals surface area contributed by atoms with Gasteiger partial charge >= 0.3 is 0 Å². The molecule has 5 aliphatic rings. The summed E-state index contributed by atoms with van der Waals surface area (Å²) in [5.74, 6) is 0.548. The molecule has 0 aromatic carbocycles. The molecule has 16 heteroatoms. The summed E-state index contributed by atoms with van der Waals surface area (Å²) < 4.78 is 24.2. The van der Waals surface area contributed by atoms with Crippen LogP contribution in [0.25, 0.3) is 0 Å². The topological polar surface area (TPSA) is 275 Å². The summed E-state index contributed by atoms with van der Waals surface area (Å²) in [4.78, 5) is 13.1. The second-order valence-corrected chi connectivity index (χ2v) is 13.9. The molecule has 4 fully saturated rings. The average Bonchev–Trinajstić information content (AvgIpc) is 2.93. The Bertz CT molecular complexity index is 1060. The lowest BCUT2D eigenvalue weighted by Crippen LogP contribution is -2.70. The maximum absolute atomic E-state index is 13.1. The summed E-state index contributed by atoms with van der Waals surface area (Å²) in [5.41, 5.74) is 21.5. The lowest BCUT2D eigenvalue weighted by Gasteiger charge is -2.49. The van der Waals surface area contributed by atoms with Crippen LogP contribution in [0.5, 0.6) is 0 Å². The molecule has 0 aromatic heterocycles. The molecule has 3 saturated carbocycles.